The average Bonchev–Trinajstić information content (AvgIpc) is 3.58. The number of aromatic nitrogens is 3. The Kier molecular flexibility index (Phi) is 4.70. The molecule has 0 saturated carbocycles. The van der Waals surface area contributed by atoms with Gasteiger partial charge in [-0.2, -0.15) is 0 Å². The van der Waals surface area contributed by atoms with Crippen molar-refractivity contribution in [2.45, 2.75) is 6.92 Å². The van der Waals surface area contributed by atoms with Gasteiger partial charge in [0.1, 0.15) is 11.4 Å². The summed E-state index contributed by atoms with van der Waals surface area (Å²) in [6.45, 7) is 2.12. The van der Waals surface area contributed by atoms with Gasteiger partial charge in [0.15, 0.2) is 0 Å². The number of rotatable bonds is 3. The second kappa shape index (κ2) is 8.40. The van der Waals surface area contributed by atoms with Gasteiger partial charge in [0.25, 0.3) is 0 Å². The van der Waals surface area contributed by atoms with E-state index in [2.05, 4.69) is 109 Å². The third-order valence-corrected chi connectivity index (χ3v) is 7.56. The minimum absolute atomic E-state index is 0.634. The summed E-state index contributed by atoms with van der Waals surface area (Å²) in [6, 6.07) is 41.9. The van der Waals surface area contributed by atoms with Crippen molar-refractivity contribution in [2.24, 2.45) is 0 Å². The van der Waals surface area contributed by atoms with Gasteiger partial charge in [0.2, 0.25) is 5.71 Å². The van der Waals surface area contributed by atoms with Gasteiger partial charge in [-0.1, -0.05) is 84.9 Å². The van der Waals surface area contributed by atoms with Crippen LogP contribution < -0.4 is 0 Å². The van der Waals surface area contributed by atoms with Gasteiger partial charge < -0.3 is 4.42 Å². The molecule has 0 N–H and O–H groups in total. The van der Waals surface area contributed by atoms with E-state index in [1.807, 2.05) is 24.3 Å². The summed E-state index contributed by atoms with van der Waals surface area (Å²) >= 11 is 0. The van der Waals surface area contributed by atoms with Gasteiger partial charge in [-0.15, -0.1) is 0 Å². The highest BCUT2D eigenvalue weighted by Gasteiger charge is 2.22. The summed E-state index contributed by atoms with van der Waals surface area (Å²) in [5.74, 6) is 0.847. The van der Waals surface area contributed by atoms with Gasteiger partial charge in [-0.05, 0) is 54.3 Å². The topological polar surface area (TPSA) is 43.9 Å². The molecule has 8 rings (SSSR count). The van der Waals surface area contributed by atoms with E-state index < -0.39 is 0 Å². The third-order valence-electron chi connectivity index (χ3n) is 7.56. The molecular weight excluding hydrogens is 478 g/mol. The van der Waals surface area contributed by atoms with Crippen LogP contribution in [-0.2, 0) is 0 Å². The molecule has 4 heteroatoms. The molecule has 5 aromatic carbocycles. The van der Waals surface area contributed by atoms with E-state index in [0.717, 1.165) is 61.3 Å². The summed E-state index contributed by atoms with van der Waals surface area (Å²) in [7, 11) is 0. The van der Waals surface area contributed by atoms with Crippen molar-refractivity contribution >= 4 is 43.9 Å². The van der Waals surface area contributed by atoms with E-state index >= 15 is 0 Å². The highest BCUT2D eigenvalue weighted by atomic mass is 16.3. The molecule has 0 spiro atoms. The van der Waals surface area contributed by atoms with Crippen LogP contribution in [0, 0.1) is 6.92 Å². The van der Waals surface area contributed by atoms with Crippen LogP contribution in [0.15, 0.2) is 126 Å². The number of nitrogens with zero attached hydrogens (tertiary/aromatic N) is 3. The lowest BCUT2D eigenvalue weighted by molar-refractivity contribution is 0.655. The molecule has 0 aliphatic carbocycles. The molecule has 0 fully saturated rings. The fourth-order valence-electron chi connectivity index (χ4n) is 5.72. The Morgan fingerprint density at radius 3 is 2.26 bits per heavy atom. The fourth-order valence-corrected chi connectivity index (χ4v) is 5.72. The van der Waals surface area contributed by atoms with Crippen molar-refractivity contribution in [3.8, 4) is 28.3 Å². The summed E-state index contributed by atoms with van der Waals surface area (Å²) in [5, 5.41) is 4.44. The van der Waals surface area contributed by atoms with Crippen LogP contribution in [0.2, 0.25) is 0 Å². The summed E-state index contributed by atoms with van der Waals surface area (Å²) in [6.07, 6.45) is 0. The normalized spacial score (nSPS) is 11.7. The number of benzene rings is 5. The minimum Gasteiger partial charge on any atom is -0.437 e. The van der Waals surface area contributed by atoms with Crippen molar-refractivity contribution in [3.05, 3.63) is 127 Å². The zero-order valence-corrected chi connectivity index (χ0v) is 21.3. The standard InChI is InChI=1S/C35H23N3O/c1-22-16-18-28(33-31(22)27-19-21-29(37-35(27)39-33)24-11-4-2-5-12-24)34-36-30-20-17-23-10-8-9-15-26(23)32(30)38(34)25-13-6-3-7-14-25/h2-21H,1H3. The van der Waals surface area contributed by atoms with Crippen LogP contribution in [0.3, 0.4) is 0 Å². The first-order valence-corrected chi connectivity index (χ1v) is 13.1. The number of aryl methyl sites for hydroxylation is 1. The first-order valence-electron chi connectivity index (χ1n) is 13.1. The lowest BCUT2D eigenvalue weighted by Gasteiger charge is -2.11. The van der Waals surface area contributed by atoms with Crippen molar-refractivity contribution in [1.82, 2.24) is 14.5 Å². The third kappa shape index (κ3) is 3.32. The SMILES string of the molecule is Cc1ccc(-c2nc3ccc4ccccc4c3n2-c2ccccc2)c2oc3nc(-c4ccccc4)ccc3c12. The monoisotopic (exact) mass is 501 g/mol. The second-order valence-corrected chi connectivity index (χ2v) is 9.91. The van der Waals surface area contributed by atoms with Gasteiger partial charge in [0.05, 0.1) is 22.3 Å². The molecule has 0 amide bonds. The summed E-state index contributed by atoms with van der Waals surface area (Å²) in [5.41, 5.74) is 8.58. The molecule has 0 radical (unpaired) electrons. The summed E-state index contributed by atoms with van der Waals surface area (Å²) < 4.78 is 8.85. The van der Waals surface area contributed by atoms with E-state index in [1.54, 1.807) is 0 Å². The highest BCUT2D eigenvalue weighted by Crippen LogP contribution is 2.40. The first kappa shape index (κ1) is 21.8. The maximum absolute atomic E-state index is 6.59. The molecular formula is C35H23N3O. The second-order valence-electron chi connectivity index (χ2n) is 9.91. The van der Waals surface area contributed by atoms with Crippen LogP contribution in [0.5, 0.6) is 0 Å². The molecule has 0 unspecified atom stereocenters. The molecule has 184 valence electrons. The van der Waals surface area contributed by atoms with Crippen LogP contribution in [0.1, 0.15) is 5.56 Å². The van der Waals surface area contributed by atoms with E-state index in [1.165, 1.54) is 10.8 Å². The molecule has 0 atom stereocenters. The predicted molar refractivity (Wildman–Crippen MR) is 159 cm³/mol. The van der Waals surface area contributed by atoms with Gasteiger partial charge in [0, 0.05) is 27.4 Å². The molecule has 3 aromatic heterocycles. The molecule has 8 aromatic rings. The largest absolute Gasteiger partial charge is 0.437 e. The number of para-hydroxylation sites is 1. The minimum atomic E-state index is 0.634. The zero-order chi connectivity index (χ0) is 25.9. The van der Waals surface area contributed by atoms with Crippen molar-refractivity contribution in [1.29, 1.82) is 0 Å². The van der Waals surface area contributed by atoms with Crippen LogP contribution >= 0.6 is 0 Å². The lowest BCUT2D eigenvalue weighted by Crippen LogP contribution is -1.98. The van der Waals surface area contributed by atoms with E-state index in [0.29, 0.717) is 5.71 Å². The molecule has 0 aliphatic heterocycles. The number of hydrogen-bond acceptors (Lipinski definition) is 3. The predicted octanol–water partition coefficient (Wildman–Crippen LogP) is 9.12. The van der Waals surface area contributed by atoms with Gasteiger partial charge in [-0.25, -0.2) is 9.97 Å². The maximum atomic E-state index is 6.59. The zero-order valence-electron chi connectivity index (χ0n) is 21.3. The number of pyridine rings is 1. The summed E-state index contributed by atoms with van der Waals surface area (Å²) in [4.78, 5) is 10.1. The lowest BCUT2D eigenvalue weighted by atomic mass is 10.0. The van der Waals surface area contributed by atoms with E-state index in [-0.39, 0.29) is 0 Å². The Labute approximate surface area is 224 Å². The van der Waals surface area contributed by atoms with Crippen molar-refractivity contribution in [3.63, 3.8) is 0 Å². The smallest absolute Gasteiger partial charge is 0.227 e. The molecule has 39 heavy (non-hydrogen) atoms. The molecule has 0 bridgehead atoms. The maximum Gasteiger partial charge on any atom is 0.227 e. The van der Waals surface area contributed by atoms with Crippen LogP contribution in [0.25, 0.3) is 72.2 Å². The average molecular weight is 502 g/mol. The quantitative estimate of drug-likeness (QED) is 0.242. The molecule has 0 saturated heterocycles. The number of imidazole rings is 1. The first-order chi connectivity index (χ1) is 19.3. The van der Waals surface area contributed by atoms with Gasteiger partial charge in [-0.3, -0.25) is 4.57 Å². The highest BCUT2D eigenvalue weighted by molar-refractivity contribution is 6.12. The van der Waals surface area contributed by atoms with Crippen LogP contribution in [-0.4, -0.2) is 14.5 Å². The van der Waals surface area contributed by atoms with Crippen molar-refractivity contribution < 1.29 is 4.42 Å². The molecule has 0 aliphatic rings. The molecule has 3 heterocycles. The van der Waals surface area contributed by atoms with Crippen LogP contribution in [0.4, 0.5) is 0 Å². The van der Waals surface area contributed by atoms with E-state index in [9.17, 15) is 0 Å². The number of fused-ring (bicyclic) bond motifs is 6. The fraction of sp³-hybridized carbons (Fsp3) is 0.0286. The Bertz CT molecular complexity index is 2170. The number of furan rings is 1. The Balaban J connectivity index is 1.46. The van der Waals surface area contributed by atoms with Crippen molar-refractivity contribution in [2.75, 3.05) is 0 Å². The molecule has 4 nitrogen and oxygen atoms in total. The Morgan fingerprint density at radius 1 is 0.641 bits per heavy atom. The van der Waals surface area contributed by atoms with E-state index in [4.69, 9.17) is 14.4 Å². The Hall–Kier alpha value is -5.22. The number of hydrogen-bond donors (Lipinski definition) is 0. The van der Waals surface area contributed by atoms with Gasteiger partial charge >= 0.3 is 0 Å². The Morgan fingerprint density at radius 2 is 1.41 bits per heavy atom.